The predicted octanol–water partition coefficient (Wildman–Crippen LogP) is 5.78. The van der Waals surface area contributed by atoms with Gasteiger partial charge in [0.15, 0.2) is 0 Å². The van der Waals surface area contributed by atoms with E-state index >= 15 is 0 Å². The molecule has 2 aromatic rings. The zero-order valence-electron chi connectivity index (χ0n) is 13.3. The van der Waals surface area contributed by atoms with E-state index in [0.717, 1.165) is 28.8 Å². The molecule has 4 heteroatoms. The quantitative estimate of drug-likeness (QED) is 0.769. The van der Waals surface area contributed by atoms with Gasteiger partial charge >= 0.3 is 0 Å². The highest BCUT2D eigenvalue weighted by molar-refractivity contribution is 6.38. The molecular formula is C17H23Cl2NO. The Labute approximate surface area is 136 Å². The van der Waals surface area contributed by atoms with Crippen molar-refractivity contribution in [3.63, 3.8) is 0 Å². The topological polar surface area (TPSA) is 25.2 Å². The fourth-order valence-corrected chi connectivity index (χ4v) is 3.16. The predicted molar refractivity (Wildman–Crippen MR) is 91.5 cm³/mol. The van der Waals surface area contributed by atoms with E-state index in [1.165, 1.54) is 0 Å². The van der Waals surface area contributed by atoms with Crippen LogP contribution >= 0.6 is 23.2 Å². The van der Waals surface area contributed by atoms with Crippen LogP contribution in [0.1, 0.15) is 45.9 Å². The third-order valence-corrected chi connectivity index (χ3v) is 3.89. The molecule has 0 aliphatic heterocycles. The second-order valence-corrected chi connectivity index (χ2v) is 7.78. The SMILES string of the molecule is CC(C)CNCc1oc2cc(Cl)cc(Cl)c2c1C(C)(C)C. The molecule has 0 spiro atoms. The second kappa shape index (κ2) is 6.20. The molecule has 0 aliphatic rings. The van der Waals surface area contributed by atoms with Crippen molar-refractivity contribution in [1.29, 1.82) is 0 Å². The molecule has 0 bridgehead atoms. The fourth-order valence-electron chi connectivity index (χ4n) is 2.59. The van der Waals surface area contributed by atoms with Crippen molar-refractivity contribution in [2.75, 3.05) is 6.54 Å². The minimum absolute atomic E-state index is 0.0441. The zero-order chi connectivity index (χ0) is 15.8. The van der Waals surface area contributed by atoms with Crippen molar-refractivity contribution in [1.82, 2.24) is 5.32 Å². The third-order valence-electron chi connectivity index (χ3n) is 3.37. The second-order valence-electron chi connectivity index (χ2n) is 6.94. The molecule has 0 saturated carbocycles. The Morgan fingerprint density at radius 2 is 1.86 bits per heavy atom. The molecule has 0 amide bonds. The Hall–Kier alpha value is -0.700. The van der Waals surface area contributed by atoms with Gasteiger partial charge in [0.1, 0.15) is 11.3 Å². The molecule has 0 aliphatic carbocycles. The molecule has 0 radical (unpaired) electrons. The van der Waals surface area contributed by atoms with Gasteiger partial charge in [0, 0.05) is 22.0 Å². The van der Waals surface area contributed by atoms with Crippen LogP contribution in [0.3, 0.4) is 0 Å². The van der Waals surface area contributed by atoms with Crippen molar-refractivity contribution in [3.8, 4) is 0 Å². The van der Waals surface area contributed by atoms with Gasteiger partial charge in [0.2, 0.25) is 0 Å². The average Bonchev–Trinajstić information content (AvgIpc) is 2.66. The highest BCUT2D eigenvalue weighted by Gasteiger charge is 2.26. The summed E-state index contributed by atoms with van der Waals surface area (Å²) in [6.45, 7) is 12.6. The van der Waals surface area contributed by atoms with Crippen LogP contribution in [0.4, 0.5) is 0 Å². The Balaban J connectivity index is 2.51. The molecule has 1 aromatic carbocycles. The lowest BCUT2D eigenvalue weighted by atomic mass is 9.84. The maximum Gasteiger partial charge on any atom is 0.137 e. The molecule has 21 heavy (non-hydrogen) atoms. The van der Waals surface area contributed by atoms with Crippen molar-refractivity contribution < 1.29 is 4.42 Å². The summed E-state index contributed by atoms with van der Waals surface area (Å²) in [5.74, 6) is 1.55. The molecule has 0 atom stereocenters. The summed E-state index contributed by atoms with van der Waals surface area (Å²) >= 11 is 12.5. The summed E-state index contributed by atoms with van der Waals surface area (Å²) in [6.07, 6.45) is 0. The van der Waals surface area contributed by atoms with E-state index in [1.807, 2.05) is 6.07 Å². The average molecular weight is 328 g/mol. The van der Waals surface area contributed by atoms with Crippen LogP contribution in [0.25, 0.3) is 11.0 Å². The fraction of sp³-hybridized carbons (Fsp3) is 0.529. The number of fused-ring (bicyclic) bond motifs is 1. The van der Waals surface area contributed by atoms with Crippen LogP contribution in [0.15, 0.2) is 16.5 Å². The molecular weight excluding hydrogens is 305 g/mol. The monoisotopic (exact) mass is 327 g/mol. The summed E-state index contributed by atoms with van der Waals surface area (Å²) in [7, 11) is 0. The van der Waals surface area contributed by atoms with E-state index in [2.05, 4.69) is 39.9 Å². The smallest absolute Gasteiger partial charge is 0.137 e. The van der Waals surface area contributed by atoms with Gasteiger partial charge in [-0.25, -0.2) is 0 Å². The van der Waals surface area contributed by atoms with Gasteiger partial charge in [-0.3, -0.25) is 0 Å². The van der Waals surface area contributed by atoms with E-state index < -0.39 is 0 Å². The van der Waals surface area contributed by atoms with Crippen LogP contribution in [0.2, 0.25) is 10.0 Å². The van der Waals surface area contributed by atoms with E-state index in [1.54, 1.807) is 6.07 Å². The largest absolute Gasteiger partial charge is 0.459 e. The van der Waals surface area contributed by atoms with E-state index in [-0.39, 0.29) is 5.41 Å². The lowest BCUT2D eigenvalue weighted by Gasteiger charge is -2.20. The molecule has 1 aromatic heterocycles. The Morgan fingerprint density at radius 1 is 1.19 bits per heavy atom. The Bertz CT molecular complexity index is 638. The van der Waals surface area contributed by atoms with Crippen molar-refractivity contribution >= 4 is 34.2 Å². The standard InChI is InChI=1S/C17H23Cl2NO/c1-10(2)8-20-9-14-16(17(3,4)5)15-12(19)6-11(18)7-13(15)21-14/h6-7,10,20H,8-9H2,1-5H3. The van der Waals surface area contributed by atoms with Gasteiger partial charge in [-0.1, -0.05) is 57.8 Å². The Morgan fingerprint density at radius 3 is 2.43 bits per heavy atom. The molecule has 1 N–H and O–H groups in total. The van der Waals surface area contributed by atoms with Gasteiger partial charge in [-0.05, 0) is 23.9 Å². The number of furan rings is 1. The van der Waals surface area contributed by atoms with Crippen molar-refractivity contribution in [2.24, 2.45) is 5.92 Å². The van der Waals surface area contributed by atoms with Gasteiger partial charge in [-0.15, -0.1) is 0 Å². The number of hydrogen-bond donors (Lipinski definition) is 1. The molecule has 2 nitrogen and oxygen atoms in total. The zero-order valence-corrected chi connectivity index (χ0v) is 14.8. The highest BCUT2D eigenvalue weighted by Crippen LogP contribution is 2.40. The van der Waals surface area contributed by atoms with Crippen LogP contribution in [-0.4, -0.2) is 6.54 Å². The van der Waals surface area contributed by atoms with Gasteiger partial charge in [0.25, 0.3) is 0 Å². The van der Waals surface area contributed by atoms with E-state index in [9.17, 15) is 0 Å². The minimum Gasteiger partial charge on any atom is -0.459 e. The molecule has 2 rings (SSSR count). The van der Waals surface area contributed by atoms with E-state index in [0.29, 0.717) is 22.5 Å². The van der Waals surface area contributed by atoms with Gasteiger partial charge in [-0.2, -0.15) is 0 Å². The number of benzene rings is 1. The normalized spacial score (nSPS) is 12.6. The summed E-state index contributed by atoms with van der Waals surface area (Å²) in [5.41, 5.74) is 1.88. The van der Waals surface area contributed by atoms with E-state index in [4.69, 9.17) is 27.6 Å². The third kappa shape index (κ3) is 3.74. The number of rotatable bonds is 4. The molecule has 0 unspecified atom stereocenters. The molecule has 0 fully saturated rings. The first-order valence-electron chi connectivity index (χ1n) is 7.31. The lowest BCUT2D eigenvalue weighted by molar-refractivity contribution is 0.464. The van der Waals surface area contributed by atoms with Crippen LogP contribution in [0.5, 0.6) is 0 Å². The van der Waals surface area contributed by atoms with Crippen LogP contribution in [-0.2, 0) is 12.0 Å². The first kappa shape index (κ1) is 16.7. The lowest BCUT2D eigenvalue weighted by Crippen LogP contribution is -2.21. The van der Waals surface area contributed by atoms with Crippen molar-refractivity contribution in [3.05, 3.63) is 33.5 Å². The minimum atomic E-state index is -0.0441. The summed E-state index contributed by atoms with van der Waals surface area (Å²) in [5, 5.41) is 5.67. The van der Waals surface area contributed by atoms with Crippen LogP contribution < -0.4 is 5.32 Å². The van der Waals surface area contributed by atoms with Gasteiger partial charge in [0.05, 0.1) is 11.6 Å². The molecule has 116 valence electrons. The summed E-state index contributed by atoms with van der Waals surface area (Å²) < 4.78 is 6.04. The van der Waals surface area contributed by atoms with Crippen molar-refractivity contribution in [2.45, 2.75) is 46.6 Å². The maximum absolute atomic E-state index is 6.41. The first-order valence-corrected chi connectivity index (χ1v) is 8.07. The maximum atomic E-state index is 6.41. The number of hydrogen-bond acceptors (Lipinski definition) is 2. The molecule has 1 heterocycles. The Kier molecular flexibility index (Phi) is 4.92. The highest BCUT2D eigenvalue weighted by atomic mass is 35.5. The summed E-state index contributed by atoms with van der Waals surface area (Å²) in [6, 6.07) is 3.62. The first-order chi connectivity index (χ1) is 9.70. The van der Waals surface area contributed by atoms with Gasteiger partial charge < -0.3 is 9.73 Å². The van der Waals surface area contributed by atoms with Crippen LogP contribution in [0, 0.1) is 5.92 Å². The number of halogens is 2. The number of nitrogens with one attached hydrogen (secondary N) is 1. The summed E-state index contributed by atoms with van der Waals surface area (Å²) in [4.78, 5) is 0. The molecule has 0 saturated heterocycles.